The minimum absolute atomic E-state index is 0.0595. The van der Waals surface area contributed by atoms with Crippen molar-refractivity contribution in [1.82, 2.24) is 15.0 Å². The number of carbonyl (C=O) groups is 1. The van der Waals surface area contributed by atoms with Gasteiger partial charge < -0.3 is 10.1 Å². The zero-order chi connectivity index (χ0) is 30.6. The van der Waals surface area contributed by atoms with Gasteiger partial charge in [0.05, 0.1) is 35.0 Å². The average Bonchev–Trinajstić information content (AvgIpc) is 3.38. The molecule has 0 aliphatic rings. The van der Waals surface area contributed by atoms with Gasteiger partial charge in [-0.15, -0.1) is 11.3 Å². The third kappa shape index (κ3) is 6.65. The van der Waals surface area contributed by atoms with E-state index in [1.165, 1.54) is 18.3 Å². The molecule has 0 unspecified atom stereocenters. The van der Waals surface area contributed by atoms with Crippen LogP contribution in [-0.2, 0) is 26.0 Å². The number of rotatable bonds is 10. The molecule has 0 aliphatic carbocycles. The van der Waals surface area contributed by atoms with E-state index >= 15 is 4.39 Å². The molecule has 0 amide bonds. The third-order valence-corrected chi connectivity index (χ3v) is 8.37. The van der Waals surface area contributed by atoms with Crippen LogP contribution in [0.25, 0.3) is 21.8 Å². The van der Waals surface area contributed by atoms with Crippen LogP contribution in [0, 0.1) is 17.5 Å². The largest absolute Gasteiger partial charge is 0.466 e. The molecule has 0 spiro atoms. The zero-order valence-corrected chi connectivity index (χ0v) is 24.0. The van der Waals surface area contributed by atoms with Crippen molar-refractivity contribution in [3.63, 3.8) is 0 Å². The van der Waals surface area contributed by atoms with Crippen molar-refractivity contribution in [1.29, 1.82) is 0 Å². The summed E-state index contributed by atoms with van der Waals surface area (Å²) >= 11 is 1.07. The molecule has 2 aromatic heterocycles. The van der Waals surface area contributed by atoms with E-state index in [9.17, 15) is 22.0 Å². The first-order valence-electron chi connectivity index (χ1n) is 12.7. The number of ether oxygens (including phenoxy) is 1. The summed E-state index contributed by atoms with van der Waals surface area (Å²) in [5.41, 5.74) is 0.413. The number of nitrogens with one attached hydrogen (secondary N) is 2. The fourth-order valence-electron chi connectivity index (χ4n) is 4.06. The Morgan fingerprint density at radius 1 is 0.930 bits per heavy atom. The SMILES string of the molecule is CCOC(=O)Cc1nc(-c2cccc(NS(=O)(=O)c3c(F)cccc3F)c2F)c(-c2ccnc(Nc3ccccc3)n2)s1. The summed E-state index contributed by atoms with van der Waals surface area (Å²) in [6.45, 7) is 1.82. The Labute approximate surface area is 248 Å². The summed E-state index contributed by atoms with van der Waals surface area (Å²) in [4.78, 5) is 24.6. The van der Waals surface area contributed by atoms with E-state index in [0.717, 1.165) is 41.3 Å². The third-order valence-electron chi connectivity index (χ3n) is 5.88. The Kier molecular flexibility index (Phi) is 8.68. The smallest absolute Gasteiger partial charge is 0.312 e. The van der Waals surface area contributed by atoms with E-state index < -0.39 is 44.0 Å². The van der Waals surface area contributed by atoms with Crippen molar-refractivity contribution in [2.45, 2.75) is 18.2 Å². The highest BCUT2D eigenvalue weighted by Gasteiger charge is 2.27. The summed E-state index contributed by atoms with van der Waals surface area (Å²) in [7, 11) is -4.86. The molecular formula is C29H22F3N5O4S2. The van der Waals surface area contributed by atoms with Crippen molar-refractivity contribution in [2.75, 3.05) is 16.6 Å². The number of nitrogens with zero attached hydrogens (tertiary/aromatic N) is 3. The van der Waals surface area contributed by atoms with Crippen LogP contribution in [0.15, 0.2) is 83.9 Å². The molecular weight excluding hydrogens is 603 g/mol. The Hall–Kier alpha value is -4.82. The van der Waals surface area contributed by atoms with E-state index in [0.29, 0.717) is 15.6 Å². The van der Waals surface area contributed by atoms with Gasteiger partial charge in [0.25, 0.3) is 10.0 Å². The summed E-state index contributed by atoms with van der Waals surface area (Å²) in [6, 6.07) is 17.1. The quantitative estimate of drug-likeness (QED) is 0.173. The predicted octanol–water partition coefficient (Wildman–Crippen LogP) is 6.33. The van der Waals surface area contributed by atoms with E-state index in [1.807, 2.05) is 35.1 Å². The number of hydrogen-bond acceptors (Lipinski definition) is 9. The normalized spacial score (nSPS) is 11.3. The van der Waals surface area contributed by atoms with E-state index in [4.69, 9.17) is 4.74 Å². The first kappa shape index (κ1) is 29.7. The van der Waals surface area contributed by atoms with Crippen LogP contribution in [0.1, 0.15) is 11.9 Å². The second kappa shape index (κ2) is 12.6. The number of esters is 1. The van der Waals surface area contributed by atoms with Crippen molar-refractivity contribution in [3.05, 3.63) is 101 Å². The van der Waals surface area contributed by atoms with Crippen LogP contribution in [0.5, 0.6) is 0 Å². The molecule has 0 atom stereocenters. The minimum Gasteiger partial charge on any atom is -0.466 e. The minimum atomic E-state index is -4.86. The molecule has 9 nitrogen and oxygen atoms in total. The second-order valence-corrected chi connectivity index (χ2v) is 11.5. The number of halogens is 3. The predicted molar refractivity (Wildman–Crippen MR) is 156 cm³/mol. The number of aromatic nitrogens is 3. The summed E-state index contributed by atoms with van der Waals surface area (Å²) in [5, 5.41) is 3.37. The molecule has 0 saturated heterocycles. The molecule has 14 heteroatoms. The van der Waals surface area contributed by atoms with Crippen LogP contribution in [-0.4, -0.2) is 35.9 Å². The molecule has 2 heterocycles. The number of para-hydroxylation sites is 1. The number of benzene rings is 3. The fourth-order valence-corrected chi connectivity index (χ4v) is 6.29. The highest BCUT2D eigenvalue weighted by Crippen LogP contribution is 2.39. The first-order valence-corrected chi connectivity index (χ1v) is 15.0. The van der Waals surface area contributed by atoms with Gasteiger partial charge in [0.15, 0.2) is 10.7 Å². The van der Waals surface area contributed by atoms with Crippen LogP contribution in [0.4, 0.5) is 30.5 Å². The average molecular weight is 626 g/mol. The molecule has 0 saturated carbocycles. The lowest BCUT2D eigenvalue weighted by Crippen LogP contribution is -2.17. The number of carbonyl (C=O) groups excluding carboxylic acids is 1. The van der Waals surface area contributed by atoms with Gasteiger partial charge in [-0.05, 0) is 49.4 Å². The first-order chi connectivity index (χ1) is 20.7. The molecule has 3 aromatic carbocycles. The highest BCUT2D eigenvalue weighted by atomic mass is 32.2. The molecule has 2 N–H and O–H groups in total. The van der Waals surface area contributed by atoms with Crippen LogP contribution < -0.4 is 10.0 Å². The lowest BCUT2D eigenvalue weighted by Gasteiger charge is -2.12. The number of sulfonamides is 1. The van der Waals surface area contributed by atoms with Crippen LogP contribution in [0.2, 0.25) is 0 Å². The standard InChI is InChI=1S/C29H22F3N5O4S2/c1-2-41-24(38)16-23-36-26(27(42-23)22-14-15-33-29(35-22)34-17-8-4-3-5-9-17)18-10-6-13-21(25(18)32)37-43(39,40)28-19(30)11-7-12-20(28)31/h3-15,37H,2,16H2,1H3,(H,33,34,35). The Morgan fingerprint density at radius 3 is 2.37 bits per heavy atom. The van der Waals surface area contributed by atoms with Gasteiger partial charge in [0.1, 0.15) is 16.6 Å². The van der Waals surface area contributed by atoms with Gasteiger partial charge in [-0.1, -0.05) is 30.3 Å². The van der Waals surface area contributed by atoms with Gasteiger partial charge in [-0.2, -0.15) is 0 Å². The van der Waals surface area contributed by atoms with Crippen molar-refractivity contribution >= 4 is 44.7 Å². The molecule has 5 rings (SSSR count). The van der Waals surface area contributed by atoms with Crippen molar-refractivity contribution in [3.8, 4) is 21.8 Å². The number of thiazole rings is 1. The molecule has 0 fully saturated rings. The molecule has 0 bridgehead atoms. The van der Waals surface area contributed by atoms with Gasteiger partial charge in [0.2, 0.25) is 5.95 Å². The number of hydrogen-bond donors (Lipinski definition) is 2. The maximum atomic E-state index is 16.0. The molecule has 43 heavy (non-hydrogen) atoms. The van der Waals surface area contributed by atoms with Gasteiger partial charge in [-0.3, -0.25) is 9.52 Å². The van der Waals surface area contributed by atoms with Gasteiger partial charge in [0, 0.05) is 17.4 Å². The summed E-state index contributed by atoms with van der Waals surface area (Å²) in [5.74, 6) is -4.04. The topological polar surface area (TPSA) is 123 Å². The maximum Gasteiger partial charge on any atom is 0.312 e. The van der Waals surface area contributed by atoms with Crippen molar-refractivity contribution in [2.24, 2.45) is 0 Å². The van der Waals surface area contributed by atoms with E-state index in [-0.39, 0.29) is 30.2 Å². The van der Waals surface area contributed by atoms with E-state index in [2.05, 4.69) is 20.3 Å². The molecule has 0 aliphatic heterocycles. The van der Waals surface area contributed by atoms with Crippen LogP contribution >= 0.6 is 11.3 Å². The second-order valence-electron chi connectivity index (χ2n) is 8.85. The fraction of sp³-hybridized carbons (Fsp3) is 0.103. The summed E-state index contributed by atoms with van der Waals surface area (Å²) in [6.07, 6.45) is 1.29. The lowest BCUT2D eigenvalue weighted by molar-refractivity contribution is -0.142. The molecule has 0 radical (unpaired) electrons. The van der Waals surface area contributed by atoms with Crippen molar-refractivity contribution < 1.29 is 31.1 Å². The Bertz CT molecular complexity index is 1880. The Morgan fingerprint density at radius 2 is 1.65 bits per heavy atom. The summed E-state index contributed by atoms with van der Waals surface area (Å²) < 4.78 is 77.2. The van der Waals surface area contributed by atoms with E-state index in [1.54, 1.807) is 13.0 Å². The monoisotopic (exact) mass is 625 g/mol. The lowest BCUT2D eigenvalue weighted by atomic mass is 10.1. The molecule has 5 aromatic rings. The van der Waals surface area contributed by atoms with Gasteiger partial charge >= 0.3 is 5.97 Å². The molecule has 220 valence electrons. The van der Waals surface area contributed by atoms with Crippen LogP contribution in [0.3, 0.4) is 0 Å². The van der Waals surface area contributed by atoms with Gasteiger partial charge in [-0.25, -0.2) is 36.5 Å². The highest BCUT2D eigenvalue weighted by molar-refractivity contribution is 7.92. The number of anilines is 3. The maximum absolute atomic E-state index is 16.0. The Balaban J connectivity index is 1.57. The zero-order valence-electron chi connectivity index (χ0n) is 22.3.